The summed E-state index contributed by atoms with van der Waals surface area (Å²) in [5.41, 5.74) is 3.14. The highest BCUT2D eigenvalue weighted by atomic mass is 16.1. The van der Waals surface area contributed by atoms with Crippen LogP contribution in [0.4, 0.5) is 5.69 Å². The predicted octanol–water partition coefficient (Wildman–Crippen LogP) is 4.04. The van der Waals surface area contributed by atoms with Gasteiger partial charge in [0, 0.05) is 18.9 Å². The lowest BCUT2D eigenvalue weighted by Crippen LogP contribution is -2.25. The predicted molar refractivity (Wildman–Crippen MR) is 130 cm³/mol. The number of carbonyl (C=O) groups excluding carboxylic acids is 1. The van der Waals surface area contributed by atoms with E-state index in [2.05, 4.69) is 15.3 Å². The van der Waals surface area contributed by atoms with Gasteiger partial charge in [0.25, 0.3) is 5.56 Å². The highest BCUT2D eigenvalue weighted by Gasteiger charge is 2.28. The molecular weight excluding hydrogens is 428 g/mol. The van der Waals surface area contributed by atoms with Crippen LogP contribution in [0.15, 0.2) is 78.0 Å². The molecule has 3 heterocycles. The van der Waals surface area contributed by atoms with Gasteiger partial charge >= 0.3 is 0 Å². The smallest absolute Gasteiger partial charge is 0.261 e. The Morgan fingerprint density at radius 1 is 0.971 bits per heavy atom. The number of amides is 1. The molecule has 0 spiro atoms. The van der Waals surface area contributed by atoms with E-state index in [4.69, 9.17) is 4.98 Å². The number of anilines is 1. The van der Waals surface area contributed by atoms with Crippen LogP contribution in [0, 0.1) is 0 Å². The molecule has 1 N–H and O–H groups in total. The molecule has 5 aromatic rings. The van der Waals surface area contributed by atoms with Crippen LogP contribution < -0.4 is 10.9 Å². The van der Waals surface area contributed by atoms with E-state index in [1.165, 1.54) is 0 Å². The second kappa shape index (κ2) is 8.22. The normalized spacial score (nSPS) is 13.4. The number of nitrogens with one attached hydrogen (secondary N) is 1. The first-order valence-electron chi connectivity index (χ1n) is 11.4. The Balaban J connectivity index is 1.17. The van der Waals surface area contributed by atoms with Gasteiger partial charge in [0.2, 0.25) is 5.91 Å². The van der Waals surface area contributed by atoms with Crippen LogP contribution in [0.3, 0.4) is 0 Å². The average molecular weight is 451 g/mol. The van der Waals surface area contributed by atoms with Crippen molar-refractivity contribution in [2.24, 2.45) is 0 Å². The first-order valence-corrected chi connectivity index (χ1v) is 11.4. The van der Waals surface area contributed by atoms with Crippen LogP contribution in [-0.2, 0) is 11.2 Å². The Bertz CT molecular complexity index is 1580. The number of pyridine rings is 1. The molecule has 0 unspecified atom stereocenters. The minimum atomic E-state index is -0.146. The molecule has 0 saturated heterocycles. The fourth-order valence-corrected chi connectivity index (χ4v) is 4.27. The molecule has 0 aliphatic heterocycles. The summed E-state index contributed by atoms with van der Waals surface area (Å²) in [6.45, 7) is 0. The van der Waals surface area contributed by atoms with Crippen LogP contribution >= 0.6 is 0 Å². The molecule has 8 nitrogen and oxygen atoms in total. The maximum Gasteiger partial charge on any atom is 0.261 e. The van der Waals surface area contributed by atoms with E-state index >= 15 is 0 Å². The molecule has 168 valence electrons. The van der Waals surface area contributed by atoms with Crippen molar-refractivity contribution in [3.05, 3.63) is 89.4 Å². The molecule has 34 heavy (non-hydrogen) atoms. The number of aryl methyl sites for hydroxylation is 1. The first-order chi connectivity index (χ1) is 16.7. The zero-order valence-electron chi connectivity index (χ0n) is 18.4. The van der Waals surface area contributed by atoms with Crippen molar-refractivity contribution in [3.63, 3.8) is 0 Å². The van der Waals surface area contributed by atoms with Gasteiger partial charge in [-0.05, 0) is 49.2 Å². The van der Waals surface area contributed by atoms with Crippen molar-refractivity contribution >= 4 is 33.5 Å². The van der Waals surface area contributed by atoms with E-state index in [1.54, 1.807) is 17.1 Å². The summed E-state index contributed by atoms with van der Waals surface area (Å²) in [4.78, 5) is 39.2. The Morgan fingerprint density at radius 3 is 2.56 bits per heavy atom. The summed E-state index contributed by atoms with van der Waals surface area (Å²) in [6.07, 6.45) is 5.95. The lowest BCUT2D eigenvalue weighted by Gasteiger charge is -2.13. The lowest BCUT2D eigenvalue weighted by atomic mass is 10.2. The van der Waals surface area contributed by atoms with Gasteiger partial charge in [-0.25, -0.2) is 15.0 Å². The number of benzene rings is 2. The molecule has 6 rings (SSSR count). The topological polar surface area (TPSA) is 94.7 Å². The number of hydrogen-bond acceptors (Lipinski definition) is 5. The molecule has 1 fully saturated rings. The van der Waals surface area contributed by atoms with Crippen LogP contribution in [0.5, 0.6) is 0 Å². The molecule has 2 aromatic carbocycles. The fraction of sp³-hybridized carbons (Fsp3) is 0.192. The molecule has 0 radical (unpaired) electrons. The van der Waals surface area contributed by atoms with Crippen LogP contribution in [0.25, 0.3) is 27.8 Å². The van der Waals surface area contributed by atoms with Gasteiger partial charge in [-0.15, -0.1) is 0 Å². The maximum atomic E-state index is 13.0. The van der Waals surface area contributed by atoms with Crippen molar-refractivity contribution in [3.8, 4) is 5.82 Å². The Hall–Kier alpha value is -4.33. The highest BCUT2D eigenvalue weighted by molar-refractivity contribution is 5.90. The number of hydrogen-bond donors (Lipinski definition) is 1. The number of carbonyl (C=O) groups is 1. The Morgan fingerprint density at radius 2 is 1.76 bits per heavy atom. The van der Waals surface area contributed by atoms with E-state index in [9.17, 15) is 9.59 Å². The van der Waals surface area contributed by atoms with Crippen LogP contribution in [-0.4, -0.2) is 30.0 Å². The van der Waals surface area contributed by atoms with Gasteiger partial charge in [-0.2, -0.15) is 0 Å². The number of rotatable bonds is 6. The number of fused-ring (bicyclic) bond motifs is 2. The van der Waals surface area contributed by atoms with E-state index < -0.39 is 0 Å². The Labute approximate surface area is 194 Å². The summed E-state index contributed by atoms with van der Waals surface area (Å²) in [5.74, 6) is 1.25. The van der Waals surface area contributed by atoms with Crippen molar-refractivity contribution in [2.45, 2.75) is 31.7 Å². The molecule has 1 aliphatic rings. The second-order valence-corrected chi connectivity index (χ2v) is 8.51. The highest BCUT2D eigenvalue weighted by Crippen LogP contribution is 2.35. The van der Waals surface area contributed by atoms with Gasteiger partial charge < -0.3 is 5.32 Å². The molecular formula is C26H22N6O2. The Kier molecular flexibility index (Phi) is 4.91. The molecule has 1 saturated carbocycles. The van der Waals surface area contributed by atoms with Crippen molar-refractivity contribution in [2.75, 3.05) is 5.32 Å². The third-order valence-electron chi connectivity index (χ3n) is 6.10. The third kappa shape index (κ3) is 3.73. The minimum Gasteiger partial charge on any atom is -0.325 e. The zero-order valence-corrected chi connectivity index (χ0v) is 18.4. The first kappa shape index (κ1) is 20.3. The van der Waals surface area contributed by atoms with Gasteiger partial charge in [0.15, 0.2) is 0 Å². The van der Waals surface area contributed by atoms with Gasteiger partial charge in [-0.1, -0.05) is 24.3 Å². The summed E-state index contributed by atoms with van der Waals surface area (Å²) >= 11 is 0. The lowest BCUT2D eigenvalue weighted by molar-refractivity contribution is -0.116. The molecule has 3 aromatic heterocycles. The van der Waals surface area contributed by atoms with Gasteiger partial charge in [-0.3, -0.25) is 18.7 Å². The molecule has 1 amide bonds. The number of para-hydroxylation sites is 3. The fourth-order valence-electron chi connectivity index (χ4n) is 4.27. The molecule has 1 aliphatic carbocycles. The summed E-state index contributed by atoms with van der Waals surface area (Å²) in [5, 5.41) is 3.52. The van der Waals surface area contributed by atoms with Crippen LogP contribution in [0.1, 0.15) is 31.1 Å². The van der Waals surface area contributed by atoms with E-state index in [0.717, 1.165) is 29.7 Å². The quantitative estimate of drug-likeness (QED) is 0.421. The maximum absolute atomic E-state index is 13.0. The van der Waals surface area contributed by atoms with Crippen molar-refractivity contribution in [1.82, 2.24) is 24.1 Å². The molecule has 8 heteroatoms. The minimum absolute atomic E-state index is 0.0182. The number of nitrogens with zero attached hydrogens (tertiary/aromatic N) is 5. The molecule has 0 atom stereocenters. The number of aromatic nitrogens is 5. The van der Waals surface area contributed by atoms with Crippen molar-refractivity contribution < 1.29 is 4.79 Å². The SMILES string of the molecule is O=C(CCc1nc2ccccc2c(=O)n1C1CC1)Nc1ccc(-n2cnc3ccccc32)nc1. The monoisotopic (exact) mass is 450 g/mol. The van der Waals surface area contributed by atoms with E-state index in [-0.39, 0.29) is 23.9 Å². The summed E-state index contributed by atoms with van der Waals surface area (Å²) in [7, 11) is 0. The van der Waals surface area contributed by atoms with Crippen LogP contribution in [0.2, 0.25) is 0 Å². The second-order valence-electron chi connectivity index (χ2n) is 8.51. The third-order valence-corrected chi connectivity index (χ3v) is 6.10. The standard InChI is InChI=1S/C26H22N6O2/c33-25(14-13-24-30-20-6-2-1-5-19(20)26(34)32(24)18-10-11-18)29-17-9-12-23(27-15-17)31-16-28-21-7-3-4-8-22(21)31/h1-9,12,15-16,18H,10-11,13-14H2,(H,29,33). The largest absolute Gasteiger partial charge is 0.325 e. The van der Waals surface area contributed by atoms with E-state index in [0.29, 0.717) is 28.8 Å². The summed E-state index contributed by atoms with van der Waals surface area (Å²) in [6, 6.07) is 19.1. The van der Waals surface area contributed by atoms with E-state index in [1.807, 2.05) is 65.2 Å². The summed E-state index contributed by atoms with van der Waals surface area (Å²) < 4.78 is 3.69. The van der Waals surface area contributed by atoms with Gasteiger partial charge in [0.1, 0.15) is 18.0 Å². The number of imidazole rings is 1. The average Bonchev–Trinajstić information content (AvgIpc) is 3.61. The van der Waals surface area contributed by atoms with Gasteiger partial charge in [0.05, 0.1) is 33.8 Å². The molecule has 0 bridgehead atoms. The van der Waals surface area contributed by atoms with Crippen molar-refractivity contribution in [1.29, 1.82) is 0 Å². The zero-order chi connectivity index (χ0) is 23.1.